The van der Waals surface area contributed by atoms with Crippen LogP contribution in [0.15, 0.2) is 12.3 Å². The summed E-state index contributed by atoms with van der Waals surface area (Å²) >= 11 is 0. The Morgan fingerprint density at radius 2 is 2.26 bits per heavy atom. The monoisotopic (exact) mass is 269 g/mol. The largest absolute Gasteiger partial charge is 0.383 e. The lowest BCUT2D eigenvalue weighted by Crippen LogP contribution is -2.34. The number of halogens is 1. The third-order valence-corrected chi connectivity index (χ3v) is 2.66. The van der Waals surface area contributed by atoms with Crippen LogP contribution in [0.2, 0.25) is 0 Å². The van der Waals surface area contributed by atoms with Gasteiger partial charge in [0.15, 0.2) is 0 Å². The number of nitrogens with one attached hydrogen (secondary N) is 1. The lowest BCUT2D eigenvalue weighted by atomic mass is 10.2. The molecule has 0 aliphatic rings. The van der Waals surface area contributed by atoms with E-state index in [1.807, 2.05) is 13.8 Å². The SMILES string of the molecule is CCNc1ncc(F)cc1C(=O)N(CC)CCOC. The van der Waals surface area contributed by atoms with Crippen LogP contribution >= 0.6 is 0 Å². The Hall–Kier alpha value is -1.69. The lowest BCUT2D eigenvalue weighted by Gasteiger charge is -2.21. The van der Waals surface area contributed by atoms with E-state index in [0.29, 0.717) is 32.1 Å². The molecule has 1 rings (SSSR count). The van der Waals surface area contributed by atoms with Crippen LogP contribution in [0.5, 0.6) is 0 Å². The smallest absolute Gasteiger partial charge is 0.257 e. The first kappa shape index (κ1) is 15.4. The molecule has 0 fully saturated rings. The van der Waals surface area contributed by atoms with Gasteiger partial charge in [0.25, 0.3) is 5.91 Å². The molecular weight excluding hydrogens is 249 g/mol. The number of nitrogens with zero attached hydrogens (tertiary/aromatic N) is 2. The molecule has 1 heterocycles. The maximum Gasteiger partial charge on any atom is 0.257 e. The van der Waals surface area contributed by atoms with Crippen LogP contribution in [0.4, 0.5) is 10.2 Å². The van der Waals surface area contributed by atoms with E-state index >= 15 is 0 Å². The molecule has 5 nitrogen and oxygen atoms in total. The van der Waals surface area contributed by atoms with Gasteiger partial charge < -0.3 is 15.0 Å². The molecule has 1 amide bonds. The van der Waals surface area contributed by atoms with E-state index in [1.54, 1.807) is 12.0 Å². The minimum Gasteiger partial charge on any atom is -0.383 e. The lowest BCUT2D eigenvalue weighted by molar-refractivity contribution is 0.0706. The third kappa shape index (κ3) is 4.17. The van der Waals surface area contributed by atoms with Crippen LogP contribution in [-0.2, 0) is 4.74 Å². The molecule has 0 spiro atoms. The molecule has 0 aliphatic carbocycles. The van der Waals surface area contributed by atoms with Gasteiger partial charge in [-0.25, -0.2) is 9.37 Å². The van der Waals surface area contributed by atoms with E-state index in [-0.39, 0.29) is 11.5 Å². The summed E-state index contributed by atoms with van der Waals surface area (Å²) in [6.07, 6.45) is 1.10. The van der Waals surface area contributed by atoms with E-state index in [0.717, 1.165) is 6.20 Å². The molecule has 0 bridgehead atoms. The van der Waals surface area contributed by atoms with Gasteiger partial charge in [-0.3, -0.25) is 4.79 Å². The number of hydrogen-bond donors (Lipinski definition) is 1. The van der Waals surface area contributed by atoms with E-state index in [4.69, 9.17) is 4.74 Å². The quantitative estimate of drug-likeness (QED) is 0.819. The summed E-state index contributed by atoms with van der Waals surface area (Å²) in [5, 5.41) is 2.96. The van der Waals surface area contributed by atoms with Crippen molar-refractivity contribution in [3.8, 4) is 0 Å². The Morgan fingerprint density at radius 3 is 2.84 bits per heavy atom. The second-order valence-corrected chi connectivity index (χ2v) is 3.96. The summed E-state index contributed by atoms with van der Waals surface area (Å²) in [6, 6.07) is 1.21. The molecular formula is C13H20FN3O2. The summed E-state index contributed by atoms with van der Waals surface area (Å²) in [6.45, 7) is 5.81. The molecule has 0 radical (unpaired) electrons. The highest BCUT2D eigenvalue weighted by molar-refractivity contribution is 5.98. The van der Waals surface area contributed by atoms with Crippen molar-refractivity contribution in [2.45, 2.75) is 13.8 Å². The maximum atomic E-state index is 13.3. The summed E-state index contributed by atoms with van der Waals surface area (Å²) in [5.41, 5.74) is 0.250. The fourth-order valence-corrected chi connectivity index (χ4v) is 1.69. The number of hydrogen-bond acceptors (Lipinski definition) is 4. The van der Waals surface area contributed by atoms with Gasteiger partial charge in [-0.05, 0) is 19.9 Å². The third-order valence-electron chi connectivity index (χ3n) is 2.66. The fourth-order valence-electron chi connectivity index (χ4n) is 1.69. The van der Waals surface area contributed by atoms with Crippen LogP contribution in [-0.4, -0.2) is 49.1 Å². The number of methoxy groups -OCH3 is 1. The molecule has 0 saturated heterocycles. The molecule has 6 heteroatoms. The molecule has 1 aromatic heterocycles. The van der Waals surface area contributed by atoms with Crippen molar-refractivity contribution in [2.75, 3.05) is 38.7 Å². The van der Waals surface area contributed by atoms with Crippen molar-refractivity contribution in [2.24, 2.45) is 0 Å². The number of carbonyl (C=O) groups is 1. The van der Waals surface area contributed by atoms with E-state index in [9.17, 15) is 9.18 Å². The zero-order valence-electron chi connectivity index (χ0n) is 11.6. The van der Waals surface area contributed by atoms with Crippen LogP contribution in [0.1, 0.15) is 24.2 Å². The highest BCUT2D eigenvalue weighted by atomic mass is 19.1. The van der Waals surface area contributed by atoms with Gasteiger partial charge in [-0.1, -0.05) is 0 Å². The van der Waals surface area contributed by atoms with Gasteiger partial charge in [-0.15, -0.1) is 0 Å². The zero-order chi connectivity index (χ0) is 14.3. The van der Waals surface area contributed by atoms with E-state index in [1.165, 1.54) is 6.07 Å². The number of rotatable bonds is 7. The second kappa shape index (κ2) is 7.68. The van der Waals surface area contributed by atoms with Gasteiger partial charge in [0.05, 0.1) is 18.4 Å². The van der Waals surface area contributed by atoms with Crippen molar-refractivity contribution in [3.05, 3.63) is 23.6 Å². The number of aromatic nitrogens is 1. The Morgan fingerprint density at radius 1 is 1.53 bits per heavy atom. The molecule has 19 heavy (non-hydrogen) atoms. The zero-order valence-corrected chi connectivity index (χ0v) is 11.6. The second-order valence-electron chi connectivity index (χ2n) is 3.96. The number of ether oxygens (including phenoxy) is 1. The molecule has 0 aromatic carbocycles. The number of amides is 1. The molecule has 0 aliphatic heterocycles. The van der Waals surface area contributed by atoms with Crippen molar-refractivity contribution in [1.82, 2.24) is 9.88 Å². The van der Waals surface area contributed by atoms with Crippen molar-refractivity contribution in [1.29, 1.82) is 0 Å². The Labute approximate surface area is 112 Å². The Balaban J connectivity index is 2.98. The predicted molar refractivity (Wildman–Crippen MR) is 71.8 cm³/mol. The van der Waals surface area contributed by atoms with E-state index in [2.05, 4.69) is 10.3 Å². The summed E-state index contributed by atoms with van der Waals surface area (Å²) in [7, 11) is 1.58. The predicted octanol–water partition coefficient (Wildman–Crippen LogP) is 1.76. The van der Waals surface area contributed by atoms with Crippen LogP contribution in [0.25, 0.3) is 0 Å². The van der Waals surface area contributed by atoms with Gasteiger partial charge in [0, 0.05) is 26.7 Å². The highest BCUT2D eigenvalue weighted by Crippen LogP contribution is 2.16. The van der Waals surface area contributed by atoms with Crippen molar-refractivity contribution in [3.63, 3.8) is 0 Å². The first-order chi connectivity index (χ1) is 9.13. The standard InChI is InChI=1S/C13H20FN3O2/c1-4-15-12-11(8-10(14)9-16-12)13(18)17(5-2)6-7-19-3/h8-9H,4-7H2,1-3H3,(H,15,16). The molecule has 106 valence electrons. The minimum absolute atomic E-state index is 0.248. The topological polar surface area (TPSA) is 54.5 Å². The first-order valence-corrected chi connectivity index (χ1v) is 6.31. The highest BCUT2D eigenvalue weighted by Gasteiger charge is 2.19. The van der Waals surface area contributed by atoms with Gasteiger partial charge in [0.2, 0.25) is 0 Å². The summed E-state index contributed by atoms with van der Waals surface area (Å²) in [4.78, 5) is 17.9. The van der Waals surface area contributed by atoms with Crippen LogP contribution in [0, 0.1) is 5.82 Å². The number of anilines is 1. The van der Waals surface area contributed by atoms with Gasteiger partial charge in [-0.2, -0.15) is 0 Å². The minimum atomic E-state index is -0.521. The van der Waals surface area contributed by atoms with Crippen LogP contribution < -0.4 is 5.32 Å². The van der Waals surface area contributed by atoms with Crippen LogP contribution in [0.3, 0.4) is 0 Å². The molecule has 0 unspecified atom stereocenters. The molecule has 1 N–H and O–H groups in total. The average molecular weight is 269 g/mol. The normalized spacial score (nSPS) is 10.3. The maximum absolute atomic E-state index is 13.3. The van der Waals surface area contributed by atoms with E-state index < -0.39 is 5.82 Å². The van der Waals surface area contributed by atoms with Gasteiger partial charge >= 0.3 is 0 Å². The number of likely N-dealkylation sites (N-methyl/N-ethyl adjacent to an activating group) is 1. The molecule has 1 aromatic rings. The van der Waals surface area contributed by atoms with Crippen molar-refractivity contribution < 1.29 is 13.9 Å². The number of carbonyl (C=O) groups excluding carboxylic acids is 1. The average Bonchev–Trinajstić information content (AvgIpc) is 2.41. The summed E-state index contributed by atoms with van der Waals surface area (Å²) in [5.74, 6) is -0.361. The van der Waals surface area contributed by atoms with Crippen molar-refractivity contribution >= 4 is 11.7 Å². The number of pyridine rings is 1. The van der Waals surface area contributed by atoms with Gasteiger partial charge in [0.1, 0.15) is 11.6 Å². The molecule has 0 atom stereocenters. The Kier molecular flexibility index (Phi) is 6.21. The first-order valence-electron chi connectivity index (χ1n) is 6.31. The summed E-state index contributed by atoms with van der Waals surface area (Å²) < 4.78 is 18.2. The Bertz CT molecular complexity index is 426. The fraction of sp³-hybridized carbons (Fsp3) is 0.538. The molecule has 0 saturated carbocycles.